The molecule has 0 aliphatic carbocycles. The highest BCUT2D eigenvalue weighted by Gasteiger charge is 2.59. The summed E-state index contributed by atoms with van der Waals surface area (Å²) < 4.78 is 45.2. The van der Waals surface area contributed by atoms with Crippen LogP contribution in [0.2, 0.25) is 90.7 Å². The van der Waals surface area contributed by atoms with Crippen molar-refractivity contribution in [2.75, 3.05) is 13.2 Å². The van der Waals surface area contributed by atoms with E-state index in [0.29, 0.717) is 24.9 Å². The smallest absolute Gasteiger partial charge is 0.463 e. The molecule has 0 amide bonds. The number of rotatable bonds is 20. The molecule has 0 rings (SSSR count). The molecule has 0 aliphatic heterocycles. The van der Waals surface area contributed by atoms with Gasteiger partial charge in [0.1, 0.15) is 0 Å². The highest BCUT2D eigenvalue weighted by Crippen LogP contribution is 2.35. The second-order valence-corrected chi connectivity index (χ2v) is 38.1. The summed E-state index contributed by atoms with van der Waals surface area (Å²) in [5.74, 6) is -0.943. The molecule has 0 aliphatic rings. The molecule has 0 spiro atoms. The molecule has 228 valence electrons. The standard InChI is InChI=1S/C24H54O9Si6/c1-15-23(25)27-19-17-21-38(29-34(3,4)5,22-18-20-28-24(26)16-2)33-39(30-35(6,7)8,31-36(9,10)11)32-37(12,13)14/h15-16H,1-2,17-22H2,3-14H3. The van der Waals surface area contributed by atoms with Gasteiger partial charge in [-0.15, -0.1) is 0 Å². The van der Waals surface area contributed by atoms with Gasteiger partial charge < -0.3 is 30.0 Å². The van der Waals surface area contributed by atoms with E-state index in [2.05, 4.69) is 91.7 Å². The molecular formula is C24H54O9Si6. The molecule has 39 heavy (non-hydrogen) atoms. The molecule has 0 radical (unpaired) electrons. The van der Waals surface area contributed by atoms with E-state index in [1.54, 1.807) is 0 Å². The third-order valence-electron chi connectivity index (χ3n) is 4.32. The quantitative estimate of drug-likeness (QED) is 0.0628. The Morgan fingerprint density at radius 1 is 0.538 bits per heavy atom. The number of carbonyl (C=O) groups excluding carboxylic acids is 2. The minimum absolute atomic E-state index is 0.205. The first-order chi connectivity index (χ1) is 17.4. The maximum absolute atomic E-state index is 11.7. The number of hydrogen-bond donors (Lipinski definition) is 0. The fourth-order valence-corrected chi connectivity index (χ4v) is 25.9. The summed E-state index contributed by atoms with van der Waals surface area (Å²) in [6.45, 7) is 32.6. The lowest BCUT2D eigenvalue weighted by Gasteiger charge is -2.47. The zero-order valence-corrected chi connectivity index (χ0v) is 32.5. The molecule has 15 heteroatoms. The second kappa shape index (κ2) is 15.7. The van der Waals surface area contributed by atoms with E-state index in [9.17, 15) is 9.59 Å². The van der Waals surface area contributed by atoms with E-state index in [-0.39, 0.29) is 13.2 Å². The van der Waals surface area contributed by atoms with Crippen LogP contribution in [0, 0.1) is 0 Å². The summed E-state index contributed by atoms with van der Waals surface area (Å²) in [7, 11) is -15.7. The number of hydrogen-bond acceptors (Lipinski definition) is 9. The molecule has 0 aromatic carbocycles. The fourth-order valence-electron chi connectivity index (χ4n) is 3.53. The van der Waals surface area contributed by atoms with Crippen molar-refractivity contribution in [2.24, 2.45) is 0 Å². The molecular weight excluding hydrogens is 601 g/mol. The topological polar surface area (TPSA) is 98.8 Å². The SMILES string of the molecule is C=CC(=O)OCCC[Si](CCCOC(=O)C=C)(O[Si](C)(C)C)O[Si](O[Si](C)(C)C)(O[Si](C)(C)C)O[Si](C)(C)C. The zero-order valence-electron chi connectivity index (χ0n) is 26.5. The molecule has 0 bridgehead atoms. The Hall–Kier alpha value is -0.479. The summed E-state index contributed by atoms with van der Waals surface area (Å²) in [4.78, 5) is 23.4. The summed E-state index contributed by atoms with van der Waals surface area (Å²) in [6, 6.07) is 1.07. The van der Waals surface area contributed by atoms with Gasteiger partial charge >= 0.3 is 29.5 Å². The van der Waals surface area contributed by atoms with Gasteiger partial charge in [0.25, 0.3) is 0 Å². The van der Waals surface area contributed by atoms with Crippen molar-refractivity contribution in [2.45, 2.75) is 103 Å². The Morgan fingerprint density at radius 3 is 1.10 bits per heavy atom. The van der Waals surface area contributed by atoms with Crippen molar-refractivity contribution in [1.82, 2.24) is 0 Å². The van der Waals surface area contributed by atoms with Crippen LogP contribution in [-0.2, 0) is 39.6 Å². The van der Waals surface area contributed by atoms with E-state index in [4.69, 9.17) is 30.0 Å². The van der Waals surface area contributed by atoms with Gasteiger partial charge in [-0.1, -0.05) is 13.2 Å². The lowest BCUT2D eigenvalue weighted by atomic mass is 10.5. The van der Waals surface area contributed by atoms with Crippen molar-refractivity contribution >= 4 is 62.8 Å². The van der Waals surface area contributed by atoms with Crippen LogP contribution in [-0.4, -0.2) is 76.0 Å². The average molecular weight is 655 g/mol. The average Bonchev–Trinajstić information content (AvgIpc) is 2.68. The van der Waals surface area contributed by atoms with Crippen molar-refractivity contribution in [3.8, 4) is 0 Å². The summed E-state index contributed by atoms with van der Waals surface area (Å²) in [5, 5.41) is 0. The Morgan fingerprint density at radius 2 is 0.846 bits per heavy atom. The third kappa shape index (κ3) is 19.3. The summed E-state index contributed by atoms with van der Waals surface area (Å²) in [6.07, 6.45) is 3.36. The molecule has 0 saturated heterocycles. The van der Waals surface area contributed by atoms with Crippen LogP contribution >= 0.6 is 0 Å². The molecule has 9 nitrogen and oxygen atoms in total. The van der Waals surface area contributed by atoms with Crippen molar-refractivity contribution in [3.05, 3.63) is 25.3 Å². The van der Waals surface area contributed by atoms with Crippen LogP contribution in [0.1, 0.15) is 12.8 Å². The van der Waals surface area contributed by atoms with Gasteiger partial charge in [0, 0.05) is 12.2 Å². The minimum atomic E-state index is -3.72. The molecule has 0 fully saturated rings. The van der Waals surface area contributed by atoms with E-state index in [1.807, 2.05) is 0 Å². The predicted molar refractivity (Wildman–Crippen MR) is 171 cm³/mol. The Balaban J connectivity index is 6.73. The zero-order chi connectivity index (χ0) is 30.8. The van der Waals surface area contributed by atoms with E-state index >= 15 is 0 Å². The first kappa shape index (κ1) is 38.5. The van der Waals surface area contributed by atoms with Crippen molar-refractivity contribution in [1.29, 1.82) is 0 Å². The van der Waals surface area contributed by atoms with Gasteiger partial charge in [-0.2, -0.15) is 0 Å². The maximum Gasteiger partial charge on any atom is 0.638 e. The summed E-state index contributed by atoms with van der Waals surface area (Å²) >= 11 is 0. The highest BCUT2D eigenvalue weighted by molar-refractivity contribution is 6.92. The van der Waals surface area contributed by atoms with Crippen LogP contribution in [0.15, 0.2) is 25.3 Å². The fraction of sp³-hybridized carbons (Fsp3) is 0.750. The van der Waals surface area contributed by atoms with Crippen molar-refractivity contribution in [3.63, 3.8) is 0 Å². The number of ether oxygens (including phenoxy) is 2. The maximum atomic E-state index is 11.7. The van der Waals surface area contributed by atoms with Gasteiger partial charge in [0.15, 0.2) is 33.3 Å². The Bertz CT molecular complexity index is 742. The monoisotopic (exact) mass is 654 g/mol. The van der Waals surface area contributed by atoms with Gasteiger partial charge in [0.05, 0.1) is 13.2 Å². The normalized spacial score (nSPS) is 13.6. The number of esters is 2. The molecule has 0 aromatic rings. The van der Waals surface area contributed by atoms with E-state index in [0.717, 1.165) is 12.2 Å². The third-order valence-corrected chi connectivity index (χ3v) is 23.3. The largest absolute Gasteiger partial charge is 0.638 e. The van der Waals surface area contributed by atoms with E-state index in [1.165, 1.54) is 0 Å². The first-order valence-electron chi connectivity index (χ1n) is 13.5. The molecule has 0 saturated carbocycles. The van der Waals surface area contributed by atoms with Gasteiger partial charge in [-0.05, 0) is 103 Å². The number of carbonyl (C=O) groups is 2. The molecule has 0 heterocycles. The second-order valence-electron chi connectivity index (χ2n) is 13.3. The van der Waals surface area contributed by atoms with Crippen LogP contribution in [0.3, 0.4) is 0 Å². The molecule has 0 atom stereocenters. The van der Waals surface area contributed by atoms with Crippen LogP contribution in [0.25, 0.3) is 0 Å². The molecule has 0 aromatic heterocycles. The van der Waals surface area contributed by atoms with Gasteiger partial charge in [-0.3, -0.25) is 0 Å². The first-order valence-corrected chi connectivity index (χ1v) is 31.0. The van der Waals surface area contributed by atoms with Crippen molar-refractivity contribution < 1.29 is 39.6 Å². The molecule has 0 N–H and O–H groups in total. The predicted octanol–water partition coefficient (Wildman–Crippen LogP) is 6.53. The van der Waals surface area contributed by atoms with Crippen LogP contribution in [0.5, 0.6) is 0 Å². The Kier molecular flexibility index (Phi) is 15.5. The van der Waals surface area contributed by atoms with Gasteiger partial charge in [-0.25, -0.2) is 9.59 Å². The Labute approximate surface area is 243 Å². The highest BCUT2D eigenvalue weighted by atomic mass is 28.6. The van der Waals surface area contributed by atoms with Gasteiger partial charge in [0.2, 0.25) is 0 Å². The lowest BCUT2D eigenvalue weighted by molar-refractivity contribution is -0.138. The van der Waals surface area contributed by atoms with Crippen LogP contribution < -0.4 is 0 Å². The minimum Gasteiger partial charge on any atom is -0.463 e. The van der Waals surface area contributed by atoms with E-state index < -0.39 is 62.8 Å². The summed E-state index contributed by atoms with van der Waals surface area (Å²) in [5.41, 5.74) is 0. The molecule has 0 unspecified atom stereocenters. The van der Waals surface area contributed by atoms with Crippen LogP contribution in [0.4, 0.5) is 0 Å². The lowest BCUT2D eigenvalue weighted by Crippen LogP contribution is -2.68.